The number of hydrogen-bond acceptors (Lipinski definition) is 2. The zero-order valence-electron chi connectivity index (χ0n) is 11.3. The normalized spacial score (nSPS) is 11.9. The third kappa shape index (κ3) is 3.92. The van der Waals surface area contributed by atoms with Gasteiger partial charge in [-0.1, -0.05) is 42.5 Å². The van der Waals surface area contributed by atoms with E-state index in [1.54, 1.807) is 36.4 Å². The van der Waals surface area contributed by atoms with E-state index >= 15 is 0 Å². The molecule has 4 heteroatoms. The highest BCUT2D eigenvalue weighted by molar-refractivity contribution is 5.93. The topological polar surface area (TPSA) is 57.5 Å². The summed E-state index contributed by atoms with van der Waals surface area (Å²) < 4.78 is 12.9. The Bertz CT molecular complexity index is 645. The lowest BCUT2D eigenvalue weighted by atomic mass is 9.97. The number of aliphatic hydroxyl groups excluding tert-OH is 1. The lowest BCUT2D eigenvalue weighted by Gasteiger charge is -2.09. The summed E-state index contributed by atoms with van der Waals surface area (Å²) in [6.07, 6.45) is 0.871. The molecule has 0 atom stereocenters. The van der Waals surface area contributed by atoms with Gasteiger partial charge >= 0.3 is 5.97 Å². The van der Waals surface area contributed by atoms with Crippen LogP contribution in [0.4, 0.5) is 4.39 Å². The second kappa shape index (κ2) is 6.70. The van der Waals surface area contributed by atoms with Crippen LogP contribution >= 0.6 is 0 Å². The van der Waals surface area contributed by atoms with Crippen LogP contribution in [0, 0.1) is 5.82 Å². The number of halogens is 1. The van der Waals surface area contributed by atoms with Crippen LogP contribution in [0.15, 0.2) is 60.4 Å². The van der Waals surface area contributed by atoms with Gasteiger partial charge in [0.25, 0.3) is 0 Å². The Morgan fingerprint density at radius 2 is 1.57 bits per heavy atom. The molecule has 0 heterocycles. The smallest absolute Gasteiger partial charge is 0.371 e. The third-order valence-electron chi connectivity index (χ3n) is 3.19. The van der Waals surface area contributed by atoms with Crippen LogP contribution in [-0.4, -0.2) is 16.2 Å². The predicted molar refractivity (Wildman–Crippen MR) is 78.3 cm³/mol. The van der Waals surface area contributed by atoms with Crippen molar-refractivity contribution in [2.24, 2.45) is 0 Å². The monoisotopic (exact) mass is 286 g/mol. The molecule has 3 nitrogen and oxygen atoms in total. The minimum atomic E-state index is -1.35. The number of rotatable bonds is 5. The number of aryl methyl sites for hydroxylation is 1. The van der Waals surface area contributed by atoms with E-state index in [2.05, 4.69) is 0 Å². The average Bonchev–Trinajstić information content (AvgIpc) is 2.50. The second-order valence-electron chi connectivity index (χ2n) is 4.62. The zero-order chi connectivity index (χ0) is 15.2. The van der Waals surface area contributed by atoms with Crippen molar-refractivity contribution in [3.8, 4) is 0 Å². The van der Waals surface area contributed by atoms with Crippen molar-refractivity contribution in [3.63, 3.8) is 0 Å². The van der Waals surface area contributed by atoms with E-state index in [1.165, 1.54) is 12.1 Å². The zero-order valence-corrected chi connectivity index (χ0v) is 11.3. The maximum Gasteiger partial charge on any atom is 0.371 e. The second-order valence-corrected chi connectivity index (χ2v) is 4.62. The van der Waals surface area contributed by atoms with E-state index < -0.39 is 11.7 Å². The fourth-order valence-electron chi connectivity index (χ4n) is 2.09. The van der Waals surface area contributed by atoms with Gasteiger partial charge in [0.05, 0.1) is 0 Å². The highest BCUT2D eigenvalue weighted by Gasteiger charge is 2.14. The molecule has 0 fully saturated rings. The first-order valence-corrected chi connectivity index (χ1v) is 6.53. The summed E-state index contributed by atoms with van der Waals surface area (Å²) in [6.45, 7) is 0. The Hall–Kier alpha value is -2.62. The number of aliphatic hydroxyl groups is 1. The van der Waals surface area contributed by atoms with Crippen LogP contribution in [0.3, 0.4) is 0 Å². The summed E-state index contributed by atoms with van der Waals surface area (Å²) in [5.74, 6) is -2.32. The highest BCUT2D eigenvalue weighted by atomic mass is 19.1. The summed E-state index contributed by atoms with van der Waals surface area (Å²) in [5.41, 5.74) is 1.91. The van der Waals surface area contributed by atoms with E-state index in [0.29, 0.717) is 24.0 Å². The van der Waals surface area contributed by atoms with Crippen molar-refractivity contribution in [2.45, 2.75) is 12.8 Å². The van der Waals surface area contributed by atoms with Crippen LogP contribution in [0.25, 0.3) is 5.57 Å². The molecule has 0 amide bonds. The average molecular weight is 286 g/mol. The maximum absolute atomic E-state index is 12.9. The Kier molecular flexibility index (Phi) is 4.72. The SMILES string of the molecule is O=C(O)/C(O)=C(/CCc1ccc(F)cc1)c1ccccc1. The predicted octanol–water partition coefficient (Wildman–Crippen LogP) is 3.81. The van der Waals surface area contributed by atoms with E-state index in [9.17, 15) is 14.3 Å². The number of carbonyl (C=O) groups is 1. The van der Waals surface area contributed by atoms with Crippen LogP contribution < -0.4 is 0 Å². The van der Waals surface area contributed by atoms with Gasteiger partial charge in [-0.05, 0) is 36.1 Å². The van der Waals surface area contributed by atoms with Crippen molar-refractivity contribution in [1.82, 2.24) is 0 Å². The van der Waals surface area contributed by atoms with Gasteiger partial charge in [0.2, 0.25) is 5.76 Å². The molecule has 0 aliphatic heterocycles. The first kappa shape index (κ1) is 14.8. The van der Waals surface area contributed by atoms with E-state index in [1.807, 2.05) is 6.07 Å². The number of allylic oxidation sites excluding steroid dienone is 1. The van der Waals surface area contributed by atoms with Gasteiger partial charge in [-0.15, -0.1) is 0 Å². The summed E-state index contributed by atoms with van der Waals surface area (Å²) in [6, 6.07) is 14.9. The van der Waals surface area contributed by atoms with Gasteiger partial charge < -0.3 is 10.2 Å². The molecule has 0 radical (unpaired) electrons. The molecule has 0 aliphatic carbocycles. The number of carboxylic acids is 1. The van der Waals surface area contributed by atoms with Crippen molar-refractivity contribution in [3.05, 3.63) is 77.3 Å². The Morgan fingerprint density at radius 1 is 0.952 bits per heavy atom. The Labute approximate surface area is 122 Å². The summed E-state index contributed by atoms with van der Waals surface area (Å²) in [4.78, 5) is 11.0. The summed E-state index contributed by atoms with van der Waals surface area (Å²) >= 11 is 0. The number of aliphatic carboxylic acids is 1. The molecule has 0 aliphatic rings. The van der Waals surface area contributed by atoms with Gasteiger partial charge in [-0.3, -0.25) is 0 Å². The maximum atomic E-state index is 12.9. The molecule has 0 saturated carbocycles. The standard InChI is InChI=1S/C17H15FO3/c18-14-9-6-12(7-10-14)8-11-15(16(19)17(20)21)13-4-2-1-3-5-13/h1-7,9-10,19H,8,11H2,(H,20,21)/b16-15+. The van der Waals surface area contributed by atoms with E-state index in [0.717, 1.165) is 5.56 Å². The van der Waals surface area contributed by atoms with Crippen molar-refractivity contribution >= 4 is 11.5 Å². The molecule has 2 aromatic carbocycles. The fourth-order valence-corrected chi connectivity index (χ4v) is 2.09. The third-order valence-corrected chi connectivity index (χ3v) is 3.19. The van der Waals surface area contributed by atoms with Gasteiger partial charge in [-0.25, -0.2) is 9.18 Å². The van der Waals surface area contributed by atoms with Crippen molar-refractivity contribution in [1.29, 1.82) is 0 Å². The van der Waals surface area contributed by atoms with Crippen LogP contribution in [0.2, 0.25) is 0 Å². The molecule has 2 N–H and O–H groups in total. The highest BCUT2D eigenvalue weighted by Crippen LogP contribution is 2.23. The number of benzene rings is 2. The van der Waals surface area contributed by atoms with Gasteiger partial charge in [-0.2, -0.15) is 0 Å². The number of carboxylic acid groups (broad SMARTS) is 1. The molecule has 2 rings (SSSR count). The van der Waals surface area contributed by atoms with E-state index in [-0.39, 0.29) is 5.82 Å². The molecule has 108 valence electrons. The van der Waals surface area contributed by atoms with Gasteiger partial charge in [0.15, 0.2) is 0 Å². The quantitative estimate of drug-likeness (QED) is 0.649. The molecular weight excluding hydrogens is 271 g/mol. The minimum absolute atomic E-state index is 0.314. The summed E-state index contributed by atoms with van der Waals surface area (Å²) in [7, 11) is 0. The van der Waals surface area contributed by atoms with Crippen molar-refractivity contribution < 1.29 is 19.4 Å². The Morgan fingerprint density at radius 3 is 2.14 bits per heavy atom. The van der Waals surface area contributed by atoms with Crippen LogP contribution in [0.5, 0.6) is 0 Å². The molecule has 0 bridgehead atoms. The van der Waals surface area contributed by atoms with E-state index in [4.69, 9.17) is 5.11 Å². The van der Waals surface area contributed by atoms with Gasteiger partial charge in [0.1, 0.15) is 5.82 Å². The minimum Gasteiger partial charge on any atom is -0.502 e. The molecule has 21 heavy (non-hydrogen) atoms. The Balaban J connectivity index is 2.24. The first-order valence-electron chi connectivity index (χ1n) is 6.53. The fraction of sp³-hybridized carbons (Fsp3) is 0.118. The van der Waals surface area contributed by atoms with Gasteiger partial charge in [0, 0.05) is 5.57 Å². The van der Waals surface area contributed by atoms with Crippen LogP contribution in [0.1, 0.15) is 17.5 Å². The molecule has 2 aromatic rings. The number of hydrogen-bond donors (Lipinski definition) is 2. The molecule has 0 aromatic heterocycles. The van der Waals surface area contributed by atoms with Crippen molar-refractivity contribution in [2.75, 3.05) is 0 Å². The largest absolute Gasteiger partial charge is 0.502 e. The molecular formula is C17H15FO3. The molecule has 0 unspecified atom stereocenters. The molecule has 0 saturated heterocycles. The lowest BCUT2D eigenvalue weighted by molar-refractivity contribution is -0.135. The lowest BCUT2D eigenvalue weighted by Crippen LogP contribution is -2.04. The molecule has 0 spiro atoms. The first-order chi connectivity index (χ1) is 10.1. The summed E-state index contributed by atoms with van der Waals surface area (Å²) in [5, 5.41) is 18.8. The van der Waals surface area contributed by atoms with Crippen LogP contribution in [-0.2, 0) is 11.2 Å².